The van der Waals surface area contributed by atoms with Crippen LogP contribution in [0.15, 0.2) is 59.5 Å². The number of hydrogen-bond acceptors (Lipinski definition) is 5. The van der Waals surface area contributed by atoms with E-state index < -0.39 is 16.0 Å². The molecular formula is C19H21NO5S. The first-order chi connectivity index (χ1) is 12.5. The van der Waals surface area contributed by atoms with E-state index >= 15 is 0 Å². The van der Waals surface area contributed by atoms with Gasteiger partial charge in [-0.25, -0.2) is 17.9 Å². The molecule has 1 atom stereocenters. The lowest BCUT2D eigenvalue weighted by Gasteiger charge is -2.11. The summed E-state index contributed by atoms with van der Waals surface area (Å²) in [4.78, 5) is 12.2. The first-order valence-corrected chi connectivity index (χ1v) is 9.95. The molecule has 1 fully saturated rings. The topological polar surface area (TPSA) is 81.7 Å². The number of hydrogen-bond donors (Lipinski definition) is 1. The van der Waals surface area contributed by atoms with Gasteiger partial charge in [0, 0.05) is 13.2 Å². The monoisotopic (exact) mass is 375 g/mol. The van der Waals surface area contributed by atoms with E-state index in [0.29, 0.717) is 6.61 Å². The summed E-state index contributed by atoms with van der Waals surface area (Å²) in [5.41, 5.74) is 1.05. The Hall–Kier alpha value is -2.22. The number of ether oxygens (including phenoxy) is 2. The predicted octanol–water partition coefficient (Wildman–Crippen LogP) is 2.50. The summed E-state index contributed by atoms with van der Waals surface area (Å²) in [6, 6.07) is 15.1. The van der Waals surface area contributed by atoms with Crippen LogP contribution in [0.1, 0.15) is 28.8 Å². The highest BCUT2D eigenvalue weighted by Gasteiger charge is 2.20. The minimum atomic E-state index is -3.73. The summed E-state index contributed by atoms with van der Waals surface area (Å²) >= 11 is 0. The highest BCUT2D eigenvalue weighted by Crippen LogP contribution is 2.15. The summed E-state index contributed by atoms with van der Waals surface area (Å²) in [6.45, 7) is 1.04. The highest BCUT2D eigenvalue weighted by molar-refractivity contribution is 7.89. The van der Waals surface area contributed by atoms with Gasteiger partial charge in [-0.3, -0.25) is 0 Å². The van der Waals surface area contributed by atoms with Crippen molar-refractivity contribution < 1.29 is 22.7 Å². The van der Waals surface area contributed by atoms with Crippen molar-refractivity contribution in [3.63, 3.8) is 0 Å². The number of nitrogens with one attached hydrogen (secondary N) is 1. The Morgan fingerprint density at radius 1 is 1.15 bits per heavy atom. The van der Waals surface area contributed by atoms with Crippen LogP contribution in [0.2, 0.25) is 0 Å². The molecule has 138 valence electrons. The van der Waals surface area contributed by atoms with Gasteiger partial charge in [-0.2, -0.15) is 0 Å². The molecular weight excluding hydrogens is 354 g/mol. The van der Waals surface area contributed by atoms with Gasteiger partial charge in [-0.05, 0) is 36.6 Å². The van der Waals surface area contributed by atoms with Gasteiger partial charge in [0.05, 0.1) is 16.6 Å². The Morgan fingerprint density at radius 2 is 1.96 bits per heavy atom. The van der Waals surface area contributed by atoms with Crippen molar-refractivity contribution in [1.29, 1.82) is 0 Å². The molecule has 1 heterocycles. The number of rotatable bonds is 7. The molecule has 3 rings (SSSR count). The number of esters is 1. The maximum atomic E-state index is 12.5. The molecule has 2 aromatic rings. The molecule has 0 aromatic heterocycles. The maximum absolute atomic E-state index is 12.5. The molecule has 2 aromatic carbocycles. The zero-order valence-corrected chi connectivity index (χ0v) is 15.1. The first-order valence-electron chi connectivity index (χ1n) is 8.47. The molecule has 0 amide bonds. The molecule has 6 nitrogen and oxygen atoms in total. The molecule has 26 heavy (non-hydrogen) atoms. The van der Waals surface area contributed by atoms with Crippen molar-refractivity contribution in [2.24, 2.45) is 0 Å². The van der Waals surface area contributed by atoms with Gasteiger partial charge in [0.15, 0.2) is 0 Å². The quantitative estimate of drug-likeness (QED) is 0.752. The van der Waals surface area contributed by atoms with E-state index in [-0.39, 0.29) is 29.7 Å². The van der Waals surface area contributed by atoms with E-state index in [2.05, 4.69) is 4.72 Å². The molecule has 7 heteroatoms. The number of sulfonamides is 1. The third-order valence-electron chi connectivity index (χ3n) is 4.11. The fraction of sp³-hybridized carbons (Fsp3) is 0.316. The third-order valence-corrected chi connectivity index (χ3v) is 5.51. The molecule has 1 aliphatic heterocycles. The van der Waals surface area contributed by atoms with Crippen LogP contribution in [-0.4, -0.2) is 33.7 Å². The van der Waals surface area contributed by atoms with E-state index in [1.807, 2.05) is 30.3 Å². The summed E-state index contributed by atoms with van der Waals surface area (Å²) in [7, 11) is -3.73. The molecule has 1 saturated heterocycles. The van der Waals surface area contributed by atoms with Gasteiger partial charge in [0.25, 0.3) is 0 Å². The van der Waals surface area contributed by atoms with E-state index in [1.165, 1.54) is 24.3 Å². The van der Waals surface area contributed by atoms with Gasteiger partial charge in [-0.15, -0.1) is 0 Å². The minimum absolute atomic E-state index is 0.0278. The van der Waals surface area contributed by atoms with E-state index in [1.54, 1.807) is 0 Å². The molecule has 0 radical (unpaired) electrons. The lowest BCUT2D eigenvalue weighted by atomic mass is 10.2. The Morgan fingerprint density at radius 3 is 2.69 bits per heavy atom. The zero-order chi connectivity index (χ0) is 18.4. The van der Waals surface area contributed by atoms with Crippen LogP contribution in [0.4, 0.5) is 0 Å². The predicted molar refractivity (Wildman–Crippen MR) is 96.2 cm³/mol. The van der Waals surface area contributed by atoms with Crippen LogP contribution in [0.25, 0.3) is 0 Å². The largest absolute Gasteiger partial charge is 0.459 e. The zero-order valence-electron chi connectivity index (χ0n) is 14.3. The normalized spacial score (nSPS) is 17.2. The van der Waals surface area contributed by atoms with Gasteiger partial charge in [0.2, 0.25) is 10.0 Å². The lowest BCUT2D eigenvalue weighted by Crippen LogP contribution is -2.23. The van der Waals surface area contributed by atoms with Crippen molar-refractivity contribution in [2.75, 3.05) is 13.2 Å². The van der Waals surface area contributed by atoms with Crippen molar-refractivity contribution in [3.8, 4) is 0 Å². The molecule has 1 unspecified atom stereocenters. The Balaban J connectivity index is 1.64. The Bertz CT molecular complexity index is 845. The van der Waals surface area contributed by atoms with Gasteiger partial charge >= 0.3 is 5.97 Å². The van der Waals surface area contributed by atoms with Crippen molar-refractivity contribution in [1.82, 2.24) is 4.72 Å². The number of carbonyl (C=O) groups excluding carboxylic acids is 1. The van der Waals surface area contributed by atoms with Gasteiger partial charge in [0.1, 0.15) is 6.61 Å². The minimum Gasteiger partial charge on any atom is -0.459 e. The lowest BCUT2D eigenvalue weighted by molar-refractivity contribution is 0.0161. The summed E-state index contributed by atoms with van der Waals surface area (Å²) < 4.78 is 38.1. The second-order valence-corrected chi connectivity index (χ2v) is 7.84. The van der Waals surface area contributed by atoms with Gasteiger partial charge < -0.3 is 9.47 Å². The van der Waals surface area contributed by atoms with Gasteiger partial charge in [-0.1, -0.05) is 36.4 Å². The van der Waals surface area contributed by atoms with E-state index in [9.17, 15) is 13.2 Å². The second-order valence-electron chi connectivity index (χ2n) is 6.07. The SMILES string of the molecule is O=C(OCC1CCCO1)c1cccc(S(=O)(=O)NCc2ccccc2)c1. The van der Waals surface area contributed by atoms with Crippen LogP contribution < -0.4 is 4.72 Å². The van der Waals surface area contributed by atoms with Crippen molar-refractivity contribution in [3.05, 3.63) is 65.7 Å². The Kier molecular flexibility index (Phi) is 6.03. The summed E-state index contributed by atoms with van der Waals surface area (Å²) in [6.07, 6.45) is 1.76. The highest BCUT2D eigenvalue weighted by atomic mass is 32.2. The molecule has 1 aliphatic rings. The molecule has 0 aliphatic carbocycles. The maximum Gasteiger partial charge on any atom is 0.338 e. The molecule has 0 bridgehead atoms. The Labute approximate surface area is 153 Å². The van der Waals surface area contributed by atoms with E-state index in [0.717, 1.165) is 18.4 Å². The second kappa shape index (κ2) is 8.44. The molecule has 0 spiro atoms. The smallest absolute Gasteiger partial charge is 0.338 e. The standard InChI is InChI=1S/C19H21NO5S/c21-19(25-14-17-9-5-11-24-17)16-8-4-10-18(12-16)26(22,23)20-13-15-6-2-1-3-7-15/h1-4,6-8,10,12,17,20H,5,9,11,13-14H2. The average Bonchev–Trinajstić information content (AvgIpc) is 3.19. The van der Waals surface area contributed by atoms with Crippen molar-refractivity contribution in [2.45, 2.75) is 30.4 Å². The van der Waals surface area contributed by atoms with Crippen LogP contribution in [0.3, 0.4) is 0 Å². The first kappa shape index (κ1) is 18.6. The summed E-state index contributed by atoms with van der Waals surface area (Å²) in [5, 5.41) is 0. The van der Waals surface area contributed by atoms with Crippen LogP contribution in [0.5, 0.6) is 0 Å². The number of carbonyl (C=O) groups is 1. The van der Waals surface area contributed by atoms with Crippen LogP contribution in [0, 0.1) is 0 Å². The average molecular weight is 375 g/mol. The van der Waals surface area contributed by atoms with E-state index in [4.69, 9.17) is 9.47 Å². The van der Waals surface area contributed by atoms with Crippen molar-refractivity contribution >= 4 is 16.0 Å². The molecule has 0 saturated carbocycles. The van der Waals surface area contributed by atoms with Crippen LogP contribution >= 0.6 is 0 Å². The number of benzene rings is 2. The summed E-state index contributed by atoms with van der Waals surface area (Å²) in [5.74, 6) is -0.555. The fourth-order valence-electron chi connectivity index (χ4n) is 2.68. The van der Waals surface area contributed by atoms with Crippen LogP contribution in [-0.2, 0) is 26.0 Å². The molecule has 1 N–H and O–H groups in total. The third kappa shape index (κ3) is 4.91. The fourth-order valence-corrected chi connectivity index (χ4v) is 3.74.